The molecule has 4 rings (SSSR count). The molecule has 0 radical (unpaired) electrons. The van der Waals surface area contributed by atoms with E-state index in [1.165, 1.54) is 11.6 Å². The van der Waals surface area contributed by atoms with E-state index in [4.69, 9.17) is 11.6 Å². The van der Waals surface area contributed by atoms with Crippen molar-refractivity contribution in [1.82, 2.24) is 19.7 Å². The number of nitrogens with zero attached hydrogens (tertiary/aromatic N) is 4. The molecular formula is C22H22ClFN4OS. The smallest absolute Gasteiger partial charge is 0.227 e. The van der Waals surface area contributed by atoms with Crippen LogP contribution in [0, 0.1) is 5.82 Å². The Balaban J connectivity index is 1.48. The largest absolute Gasteiger partial charge is 0.332 e. The summed E-state index contributed by atoms with van der Waals surface area (Å²) in [4.78, 5) is 14.7. The molecule has 0 N–H and O–H groups in total. The van der Waals surface area contributed by atoms with Crippen molar-refractivity contribution in [3.63, 3.8) is 0 Å². The minimum atomic E-state index is -0.454. The molecule has 0 saturated carbocycles. The van der Waals surface area contributed by atoms with Crippen molar-refractivity contribution in [1.29, 1.82) is 0 Å². The highest BCUT2D eigenvalue weighted by molar-refractivity contribution is 7.98. The second-order valence-corrected chi connectivity index (χ2v) is 8.65. The molecule has 1 atom stereocenters. The molecule has 156 valence electrons. The lowest BCUT2D eigenvalue weighted by Gasteiger charge is -2.24. The van der Waals surface area contributed by atoms with Crippen LogP contribution < -0.4 is 0 Å². The van der Waals surface area contributed by atoms with E-state index >= 15 is 0 Å². The second-order valence-electron chi connectivity index (χ2n) is 7.30. The number of thioether (sulfide) groups is 1. The summed E-state index contributed by atoms with van der Waals surface area (Å²) in [5.41, 5.74) is 1.46. The molecule has 30 heavy (non-hydrogen) atoms. The lowest BCUT2D eigenvalue weighted by atomic mass is 10.1. The second kappa shape index (κ2) is 9.18. The Labute approximate surface area is 184 Å². The van der Waals surface area contributed by atoms with Crippen molar-refractivity contribution in [2.45, 2.75) is 36.2 Å². The SMILES string of the molecule is Cn1c(SCc2ccccc2)nnc1[C@@H]1CCCN1C(=O)Cc1c(F)cccc1Cl. The number of hydrogen-bond acceptors (Lipinski definition) is 4. The average Bonchev–Trinajstić information content (AvgIpc) is 3.36. The molecule has 1 fully saturated rings. The van der Waals surface area contributed by atoms with Crippen LogP contribution in [0.3, 0.4) is 0 Å². The van der Waals surface area contributed by atoms with Crippen LogP contribution in [0.15, 0.2) is 53.7 Å². The van der Waals surface area contributed by atoms with Gasteiger partial charge >= 0.3 is 0 Å². The van der Waals surface area contributed by atoms with Gasteiger partial charge in [0, 0.05) is 29.9 Å². The van der Waals surface area contributed by atoms with Gasteiger partial charge in [0.2, 0.25) is 5.91 Å². The van der Waals surface area contributed by atoms with Gasteiger partial charge in [0.15, 0.2) is 11.0 Å². The number of halogens is 2. The van der Waals surface area contributed by atoms with Crippen LogP contribution in [0.2, 0.25) is 5.02 Å². The molecule has 8 heteroatoms. The van der Waals surface area contributed by atoms with Crippen LogP contribution in [0.5, 0.6) is 0 Å². The molecule has 3 aromatic rings. The first kappa shape index (κ1) is 20.9. The van der Waals surface area contributed by atoms with Gasteiger partial charge in [-0.05, 0) is 30.5 Å². The van der Waals surface area contributed by atoms with Crippen molar-refractivity contribution in [2.75, 3.05) is 6.54 Å². The summed E-state index contributed by atoms with van der Waals surface area (Å²) >= 11 is 7.72. The fourth-order valence-corrected chi connectivity index (χ4v) is 4.86. The van der Waals surface area contributed by atoms with Crippen molar-refractivity contribution in [2.24, 2.45) is 7.05 Å². The number of carbonyl (C=O) groups excluding carboxylic acids is 1. The third-order valence-corrected chi connectivity index (χ3v) is 6.79. The number of amides is 1. The Bertz CT molecular complexity index is 1020. The zero-order valence-electron chi connectivity index (χ0n) is 16.6. The Morgan fingerprint density at radius 3 is 2.77 bits per heavy atom. The fraction of sp³-hybridized carbons (Fsp3) is 0.318. The van der Waals surface area contributed by atoms with Crippen LogP contribution in [-0.2, 0) is 24.0 Å². The average molecular weight is 445 g/mol. The van der Waals surface area contributed by atoms with Gasteiger partial charge in [-0.3, -0.25) is 4.79 Å². The summed E-state index contributed by atoms with van der Waals surface area (Å²) in [6.07, 6.45) is 1.63. The third-order valence-electron chi connectivity index (χ3n) is 5.34. The normalized spacial score (nSPS) is 16.2. The predicted octanol–water partition coefficient (Wildman–Crippen LogP) is 4.81. The van der Waals surface area contributed by atoms with E-state index in [2.05, 4.69) is 22.3 Å². The quantitative estimate of drug-likeness (QED) is 0.512. The molecule has 0 bridgehead atoms. The number of hydrogen-bond donors (Lipinski definition) is 0. The summed E-state index contributed by atoms with van der Waals surface area (Å²) in [5, 5.41) is 9.81. The molecule has 0 unspecified atom stereocenters. The molecule has 2 aromatic carbocycles. The van der Waals surface area contributed by atoms with Crippen molar-refractivity contribution < 1.29 is 9.18 Å². The number of benzene rings is 2. The van der Waals surface area contributed by atoms with Crippen LogP contribution in [-0.4, -0.2) is 32.1 Å². The first-order chi connectivity index (χ1) is 14.5. The van der Waals surface area contributed by atoms with Crippen LogP contribution in [0.1, 0.15) is 35.8 Å². The van der Waals surface area contributed by atoms with Gasteiger partial charge in [0.1, 0.15) is 5.82 Å². The minimum absolute atomic E-state index is 0.0600. The Morgan fingerprint density at radius 1 is 1.20 bits per heavy atom. The molecule has 2 heterocycles. The lowest BCUT2D eigenvalue weighted by Crippen LogP contribution is -2.33. The number of rotatable bonds is 6. The molecule has 1 amide bonds. The summed E-state index contributed by atoms with van der Waals surface area (Å²) < 4.78 is 16.1. The standard InChI is InChI=1S/C22H22ClFN4OS/c1-27-21(25-26-22(27)30-14-15-7-3-2-4-8-15)19-11-6-12-28(19)20(29)13-16-17(23)9-5-10-18(16)24/h2-5,7-10,19H,6,11-14H2,1H3/t19-/m0/s1. The highest BCUT2D eigenvalue weighted by Crippen LogP contribution is 2.33. The molecular weight excluding hydrogens is 423 g/mol. The monoisotopic (exact) mass is 444 g/mol. The van der Waals surface area contributed by atoms with E-state index in [1.807, 2.05) is 29.8 Å². The first-order valence-electron chi connectivity index (χ1n) is 9.83. The number of likely N-dealkylation sites (tertiary alicyclic amines) is 1. The zero-order valence-corrected chi connectivity index (χ0v) is 18.2. The highest BCUT2D eigenvalue weighted by Gasteiger charge is 2.34. The van der Waals surface area contributed by atoms with Crippen LogP contribution in [0.4, 0.5) is 4.39 Å². The van der Waals surface area contributed by atoms with Gasteiger partial charge in [-0.2, -0.15) is 0 Å². The number of carbonyl (C=O) groups is 1. The van der Waals surface area contributed by atoms with E-state index in [-0.39, 0.29) is 29.0 Å². The molecule has 1 aliphatic heterocycles. The highest BCUT2D eigenvalue weighted by atomic mass is 35.5. The van der Waals surface area contributed by atoms with E-state index in [1.54, 1.807) is 28.8 Å². The number of aromatic nitrogens is 3. The molecule has 0 spiro atoms. The maximum atomic E-state index is 14.1. The van der Waals surface area contributed by atoms with Crippen molar-refractivity contribution in [3.05, 3.63) is 76.3 Å². The first-order valence-corrected chi connectivity index (χ1v) is 11.2. The van der Waals surface area contributed by atoms with Gasteiger partial charge in [-0.15, -0.1) is 10.2 Å². The van der Waals surface area contributed by atoms with E-state index in [9.17, 15) is 9.18 Å². The molecule has 1 aliphatic rings. The Kier molecular flexibility index (Phi) is 6.39. The van der Waals surface area contributed by atoms with Crippen LogP contribution >= 0.6 is 23.4 Å². The van der Waals surface area contributed by atoms with Crippen molar-refractivity contribution in [3.8, 4) is 0 Å². The van der Waals surface area contributed by atoms with E-state index in [0.717, 1.165) is 29.6 Å². The van der Waals surface area contributed by atoms with Crippen LogP contribution in [0.25, 0.3) is 0 Å². The lowest BCUT2D eigenvalue weighted by molar-refractivity contribution is -0.131. The summed E-state index contributed by atoms with van der Waals surface area (Å²) in [6, 6.07) is 14.5. The molecule has 1 saturated heterocycles. The van der Waals surface area contributed by atoms with Crippen molar-refractivity contribution >= 4 is 29.3 Å². The van der Waals surface area contributed by atoms with Gasteiger partial charge < -0.3 is 9.47 Å². The van der Waals surface area contributed by atoms with Gasteiger partial charge in [-0.25, -0.2) is 4.39 Å². The maximum absolute atomic E-state index is 14.1. The minimum Gasteiger partial charge on any atom is -0.332 e. The zero-order chi connectivity index (χ0) is 21.1. The Morgan fingerprint density at radius 2 is 2.00 bits per heavy atom. The summed E-state index contributed by atoms with van der Waals surface area (Å²) in [7, 11) is 1.93. The molecule has 1 aromatic heterocycles. The van der Waals surface area contributed by atoms with Gasteiger partial charge in [-0.1, -0.05) is 59.8 Å². The summed E-state index contributed by atoms with van der Waals surface area (Å²) in [5.74, 6) is 0.957. The Hall–Kier alpha value is -2.38. The van der Waals surface area contributed by atoms with Gasteiger partial charge in [0.05, 0.1) is 12.5 Å². The van der Waals surface area contributed by atoms with E-state index < -0.39 is 5.82 Å². The summed E-state index contributed by atoms with van der Waals surface area (Å²) in [6.45, 7) is 0.620. The predicted molar refractivity (Wildman–Crippen MR) is 116 cm³/mol. The molecule has 5 nitrogen and oxygen atoms in total. The fourth-order valence-electron chi connectivity index (χ4n) is 3.75. The maximum Gasteiger partial charge on any atom is 0.227 e. The van der Waals surface area contributed by atoms with E-state index in [0.29, 0.717) is 6.54 Å². The van der Waals surface area contributed by atoms with Gasteiger partial charge in [0.25, 0.3) is 0 Å². The third kappa shape index (κ3) is 4.37. The topological polar surface area (TPSA) is 51.0 Å². The molecule has 0 aliphatic carbocycles.